The van der Waals surface area contributed by atoms with Crippen LogP contribution >= 0.6 is 23.5 Å². The van der Waals surface area contributed by atoms with Crippen molar-refractivity contribution < 1.29 is 13.6 Å². The Morgan fingerprint density at radius 2 is 1.93 bits per heavy atom. The second-order valence-electron chi connectivity index (χ2n) is 7.15. The maximum atomic E-state index is 14.7. The Balaban J connectivity index is 1.82. The summed E-state index contributed by atoms with van der Waals surface area (Å²) in [5, 5.41) is 3.30. The summed E-state index contributed by atoms with van der Waals surface area (Å²) in [7, 11) is 0. The third-order valence-corrected chi connectivity index (χ3v) is 6.40. The highest BCUT2D eigenvalue weighted by Gasteiger charge is 2.31. The highest BCUT2D eigenvalue weighted by atomic mass is 35.5. The van der Waals surface area contributed by atoms with Gasteiger partial charge in [0, 0.05) is 34.1 Å². The van der Waals surface area contributed by atoms with Crippen LogP contribution < -0.4 is 5.32 Å². The summed E-state index contributed by atoms with van der Waals surface area (Å²) in [6.07, 6.45) is 2.16. The first kappa shape index (κ1) is 22.1. The average Bonchev–Trinajstić information content (AvgIpc) is 2.71. The summed E-state index contributed by atoms with van der Waals surface area (Å²) in [4.78, 5) is 12.9. The van der Waals surface area contributed by atoms with Gasteiger partial charge in [-0.05, 0) is 68.1 Å². The number of rotatable bonds is 7. The van der Waals surface area contributed by atoms with Crippen molar-refractivity contribution >= 4 is 29.5 Å². The van der Waals surface area contributed by atoms with E-state index in [1.165, 1.54) is 18.0 Å². The van der Waals surface area contributed by atoms with Gasteiger partial charge in [-0.3, -0.25) is 4.79 Å². The van der Waals surface area contributed by atoms with Gasteiger partial charge in [0.1, 0.15) is 12.0 Å². The molecule has 1 aliphatic carbocycles. The van der Waals surface area contributed by atoms with Crippen LogP contribution in [0.1, 0.15) is 48.5 Å². The molecule has 3 nitrogen and oxygen atoms in total. The Hall–Kier alpha value is -1.63. The molecule has 29 heavy (non-hydrogen) atoms. The molecule has 7 heteroatoms. The molecule has 3 rings (SSSR count). The second kappa shape index (κ2) is 10.4. The van der Waals surface area contributed by atoms with E-state index in [0.29, 0.717) is 23.6 Å². The number of alkyl halides is 1. The third kappa shape index (κ3) is 5.93. The lowest BCUT2D eigenvalue weighted by atomic mass is 9.93. The first-order chi connectivity index (χ1) is 14.0. The van der Waals surface area contributed by atoms with Gasteiger partial charge in [-0.15, -0.1) is 0 Å². The first-order valence-electron chi connectivity index (χ1n) is 9.88. The lowest BCUT2D eigenvalue weighted by Gasteiger charge is -2.35. The molecular weight excluding hydrogens is 414 g/mol. The molecule has 0 aromatic heterocycles. The van der Waals surface area contributed by atoms with E-state index in [-0.39, 0.29) is 24.1 Å². The summed E-state index contributed by atoms with van der Waals surface area (Å²) in [6.45, 7) is 2.54. The number of carbonyl (C=O) groups is 1. The van der Waals surface area contributed by atoms with Crippen LogP contribution in [0.5, 0.6) is 0 Å². The van der Waals surface area contributed by atoms with E-state index in [9.17, 15) is 13.6 Å². The number of nitrogens with one attached hydrogen (secondary N) is 1. The van der Waals surface area contributed by atoms with Gasteiger partial charge in [0.05, 0.1) is 6.04 Å². The van der Waals surface area contributed by atoms with Crippen molar-refractivity contribution in [2.45, 2.75) is 56.3 Å². The summed E-state index contributed by atoms with van der Waals surface area (Å²) in [5.74, 6) is -0.761. The Morgan fingerprint density at radius 3 is 2.59 bits per heavy atom. The van der Waals surface area contributed by atoms with Crippen molar-refractivity contribution in [3.05, 3.63) is 64.4 Å². The average molecular weight is 439 g/mol. The summed E-state index contributed by atoms with van der Waals surface area (Å²) < 4.78 is 31.4. The van der Waals surface area contributed by atoms with Gasteiger partial charge >= 0.3 is 0 Å². The first-order valence-corrected chi connectivity index (χ1v) is 11.0. The molecule has 0 aliphatic heterocycles. The molecular formula is C22H25ClF2N2OS. The molecule has 0 spiro atoms. The number of hydrogen-bond acceptors (Lipinski definition) is 3. The molecule has 1 aliphatic rings. The van der Waals surface area contributed by atoms with Gasteiger partial charge in [0.25, 0.3) is 5.91 Å². The largest absolute Gasteiger partial charge is 0.352 e. The molecule has 156 valence electrons. The Kier molecular flexibility index (Phi) is 7.92. The van der Waals surface area contributed by atoms with Crippen molar-refractivity contribution in [1.29, 1.82) is 0 Å². The molecule has 0 bridgehead atoms. The zero-order chi connectivity index (χ0) is 20.8. The molecule has 0 heterocycles. The number of amides is 1. The fourth-order valence-electron chi connectivity index (χ4n) is 3.49. The third-order valence-electron chi connectivity index (χ3n) is 5.03. The molecule has 2 unspecified atom stereocenters. The van der Waals surface area contributed by atoms with Gasteiger partial charge in [0.15, 0.2) is 0 Å². The van der Waals surface area contributed by atoms with Crippen LogP contribution in [0, 0.1) is 5.82 Å². The zero-order valence-corrected chi connectivity index (χ0v) is 17.9. The van der Waals surface area contributed by atoms with Crippen LogP contribution in [0.15, 0.2) is 47.4 Å². The van der Waals surface area contributed by atoms with Gasteiger partial charge in [-0.1, -0.05) is 30.5 Å². The van der Waals surface area contributed by atoms with E-state index in [0.717, 1.165) is 24.2 Å². The number of carbonyl (C=O) groups excluding carboxylic acids is 1. The van der Waals surface area contributed by atoms with Gasteiger partial charge in [-0.2, -0.15) is 0 Å². The molecule has 2 atom stereocenters. The van der Waals surface area contributed by atoms with Crippen molar-refractivity contribution in [3.8, 4) is 0 Å². The number of nitrogens with zero attached hydrogens (tertiary/aromatic N) is 1. The minimum atomic E-state index is -0.943. The van der Waals surface area contributed by atoms with Gasteiger partial charge < -0.3 is 5.32 Å². The topological polar surface area (TPSA) is 32.3 Å². The highest BCUT2D eigenvalue weighted by Crippen LogP contribution is 2.35. The van der Waals surface area contributed by atoms with E-state index < -0.39 is 12.0 Å². The molecule has 1 amide bonds. The minimum Gasteiger partial charge on any atom is -0.352 e. The predicted molar refractivity (Wildman–Crippen MR) is 114 cm³/mol. The maximum Gasteiger partial charge on any atom is 0.251 e. The molecule has 2 aromatic carbocycles. The van der Waals surface area contributed by atoms with Crippen molar-refractivity contribution in [3.63, 3.8) is 0 Å². The lowest BCUT2D eigenvalue weighted by molar-refractivity contribution is 0.0955. The van der Waals surface area contributed by atoms with E-state index in [1.54, 1.807) is 24.3 Å². The Bertz CT molecular complexity index is 834. The van der Waals surface area contributed by atoms with E-state index in [4.69, 9.17) is 11.6 Å². The molecule has 1 saturated carbocycles. The van der Waals surface area contributed by atoms with Crippen LogP contribution in [-0.4, -0.2) is 29.0 Å². The summed E-state index contributed by atoms with van der Waals surface area (Å²) >= 11 is 7.39. The van der Waals surface area contributed by atoms with Gasteiger partial charge in [0.2, 0.25) is 0 Å². The highest BCUT2D eigenvalue weighted by molar-refractivity contribution is 7.97. The summed E-state index contributed by atoms with van der Waals surface area (Å²) in [5.41, 5.74) is 0.725. The fraction of sp³-hybridized carbons (Fsp3) is 0.409. The van der Waals surface area contributed by atoms with Crippen molar-refractivity contribution in [2.75, 3.05) is 6.54 Å². The Morgan fingerprint density at radius 1 is 1.21 bits per heavy atom. The zero-order valence-electron chi connectivity index (χ0n) is 16.3. The van der Waals surface area contributed by atoms with E-state index in [2.05, 4.69) is 5.32 Å². The predicted octanol–water partition coefficient (Wildman–Crippen LogP) is 6.02. The number of hydrogen-bond donors (Lipinski definition) is 1. The molecule has 0 radical (unpaired) electrons. The number of benzene rings is 2. The SMILES string of the molecule is CCNC(=O)c1ccc(CN(Sc2ccc(Cl)cc2)C2CCCCC2F)c(F)c1. The lowest BCUT2D eigenvalue weighted by Crippen LogP contribution is -2.39. The monoisotopic (exact) mass is 438 g/mol. The molecule has 2 aromatic rings. The Labute approximate surface area is 179 Å². The van der Waals surface area contributed by atoms with Crippen LogP contribution in [0.4, 0.5) is 8.78 Å². The number of halogens is 3. The van der Waals surface area contributed by atoms with Crippen LogP contribution in [0.2, 0.25) is 5.02 Å². The van der Waals surface area contributed by atoms with Crippen LogP contribution in [0.25, 0.3) is 0 Å². The second-order valence-corrected chi connectivity index (χ2v) is 8.71. The molecule has 1 N–H and O–H groups in total. The normalized spacial score (nSPS) is 19.3. The van der Waals surface area contributed by atoms with E-state index in [1.807, 2.05) is 23.4 Å². The van der Waals surface area contributed by atoms with E-state index >= 15 is 0 Å². The summed E-state index contributed by atoms with van der Waals surface area (Å²) in [6, 6.07) is 11.5. The smallest absolute Gasteiger partial charge is 0.251 e. The van der Waals surface area contributed by atoms with Crippen molar-refractivity contribution in [2.24, 2.45) is 0 Å². The van der Waals surface area contributed by atoms with Crippen molar-refractivity contribution in [1.82, 2.24) is 9.62 Å². The maximum absolute atomic E-state index is 14.7. The van der Waals surface area contributed by atoms with Crippen LogP contribution in [0.3, 0.4) is 0 Å². The van der Waals surface area contributed by atoms with Crippen LogP contribution in [-0.2, 0) is 6.54 Å². The fourth-order valence-corrected chi connectivity index (χ4v) is 4.72. The quantitative estimate of drug-likeness (QED) is 0.536. The molecule has 0 saturated heterocycles. The standard InChI is InChI=1S/C22H25ClF2N2OS/c1-2-26-22(28)15-7-8-16(20(25)13-15)14-27(21-6-4-3-5-19(21)24)29-18-11-9-17(23)10-12-18/h7-13,19,21H,2-6,14H2,1H3,(H,26,28). The minimum absolute atomic E-state index is 0.250. The molecule has 1 fully saturated rings. The van der Waals surface area contributed by atoms with Gasteiger partial charge in [-0.25, -0.2) is 13.1 Å².